The van der Waals surface area contributed by atoms with Crippen molar-refractivity contribution in [2.45, 2.75) is 25.9 Å². The highest BCUT2D eigenvalue weighted by Gasteiger charge is 2.17. The average molecular weight is 377 g/mol. The Hall–Kier alpha value is -2.92. The summed E-state index contributed by atoms with van der Waals surface area (Å²) < 4.78 is 0. The van der Waals surface area contributed by atoms with Crippen molar-refractivity contribution in [3.05, 3.63) is 77.4 Å². The second kappa shape index (κ2) is 9.85. The van der Waals surface area contributed by atoms with E-state index in [4.69, 9.17) is 0 Å². The molecule has 1 atom stereocenters. The molecular weight excluding hydrogens is 350 g/mol. The fourth-order valence-corrected chi connectivity index (χ4v) is 3.30. The number of carbonyl (C=O) groups is 2. The van der Waals surface area contributed by atoms with Crippen LogP contribution in [0.3, 0.4) is 0 Å². The Morgan fingerprint density at radius 1 is 1.07 bits per heavy atom. The quantitative estimate of drug-likeness (QED) is 0.729. The van der Waals surface area contributed by atoms with Crippen molar-refractivity contribution in [3.8, 4) is 0 Å². The summed E-state index contributed by atoms with van der Waals surface area (Å²) in [6, 6.07) is 17.5. The van der Waals surface area contributed by atoms with Crippen LogP contribution in [0.15, 0.2) is 60.7 Å². The molecule has 28 heavy (non-hydrogen) atoms. The monoisotopic (exact) mass is 377 g/mol. The molecule has 1 aliphatic rings. The van der Waals surface area contributed by atoms with Gasteiger partial charge in [-0.3, -0.25) is 14.5 Å². The zero-order valence-corrected chi connectivity index (χ0v) is 16.2. The van der Waals surface area contributed by atoms with Gasteiger partial charge < -0.3 is 10.6 Å². The number of nitrogens with one attached hydrogen (secondary N) is 2. The summed E-state index contributed by atoms with van der Waals surface area (Å²) in [6.45, 7) is 4.99. The molecule has 3 rings (SSSR count). The van der Waals surface area contributed by atoms with Crippen molar-refractivity contribution in [1.29, 1.82) is 0 Å². The maximum atomic E-state index is 12.2. The Labute approximate surface area is 166 Å². The summed E-state index contributed by atoms with van der Waals surface area (Å²) in [6.07, 6.45) is 4.22. The van der Waals surface area contributed by atoms with Gasteiger partial charge in [0.1, 0.15) is 6.04 Å². The fraction of sp³-hybridized carbons (Fsp3) is 0.304. The third-order valence-electron chi connectivity index (χ3n) is 4.92. The molecular formula is C23H27N3O2. The zero-order chi connectivity index (χ0) is 19.8. The Bertz CT molecular complexity index is 833. The van der Waals surface area contributed by atoms with Gasteiger partial charge in [0.2, 0.25) is 11.8 Å². The molecule has 2 aromatic rings. The van der Waals surface area contributed by atoms with Gasteiger partial charge in [0.25, 0.3) is 0 Å². The maximum absolute atomic E-state index is 12.2. The first-order valence-corrected chi connectivity index (χ1v) is 9.72. The number of hydrogen-bond acceptors (Lipinski definition) is 3. The molecule has 5 heteroatoms. The van der Waals surface area contributed by atoms with E-state index in [-0.39, 0.29) is 11.8 Å². The Kier molecular flexibility index (Phi) is 6.98. The minimum atomic E-state index is -0.574. The molecule has 0 saturated heterocycles. The van der Waals surface area contributed by atoms with E-state index < -0.39 is 6.04 Å². The van der Waals surface area contributed by atoms with Crippen LogP contribution in [-0.4, -0.2) is 42.4 Å². The summed E-state index contributed by atoms with van der Waals surface area (Å²) in [5.41, 5.74) is 3.73. The lowest BCUT2D eigenvalue weighted by Gasteiger charge is -2.28. The zero-order valence-electron chi connectivity index (χ0n) is 16.2. The van der Waals surface area contributed by atoms with E-state index in [0.717, 1.165) is 31.6 Å². The Morgan fingerprint density at radius 2 is 1.79 bits per heavy atom. The van der Waals surface area contributed by atoms with Gasteiger partial charge in [-0.05, 0) is 36.1 Å². The predicted molar refractivity (Wildman–Crippen MR) is 112 cm³/mol. The van der Waals surface area contributed by atoms with E-state index in [1.807, 2.05) is 30.3 Å². The lowest BCUT2D eigenvalue weighted by atomic mass is 10.00. The number of amides is 2. The number of carbonyl (C=O) groups excluding carboxylic acids is 2. The van der Waals surface area contributed by atoms with Crippen molar-refractivity contribution < 1.29 is 9.59 Å². The van der Waals surface area contributed by atoms with Crippen molar-refractivity contribution in [3.63, 3.8) is 0 Å². The smallest absolute Gasteiger partial charge is 0.244 e. The minimum absolute atomic E-state index is 0.168. The topological polar surface area (TPSA) is 61.4 Å². The largest absolute Gasteiger partial charge is 0.353 e. The van der Waals surface area contributed by atoms with Gasteiger partial charge in [-0.1, -0.05) is 54.6 Å². The summed E-state index contributed by atoms with van der Waals surface area (Å²) >= 11 is 0. The molecule has 1 aliphatic heterocycles. The maximum Gasteiger partial charge on any atom is 0.244 e. The molecule has 146 valence electrons. The van der Waals surface area contributed by atoms with E-state index in [1.54, 1.807) is 13.0 Å². The van der Waals surface area contributed by atoms with Crippen LogP contribution in [-0.2, 0) is 22.6 Å². The van der Waals surface area contributed by atoms with Crippen LogP contribution < -0.4 is 10.6 Å². The summed E-state index contributed by atoms with van der Waals surface area (Å²) in [5, 5.41) is 5.61. The van der Waals surface area contributed by atoms with Crippen LogP contribution in [0.25, 0.3) is 6.08 Å². The molecule has 2 aromatic carbocycles. The van der Waals surface area contributed by atoms with Crippen LogP contribution in [0.5, 0.6) is 0 Å². The predicted octanol–water partition coefficient (Wildman–Crippen LogP) is 2.38. The van der Waals surface area contributed by atoms with Crippen LogP contribution in [0, 0.1) is 0 Å². The highest BCUT2D eigenvalue weighted by molar-refractivity contribution is 5.95. The second-order valence-corrected chi connectivity index (χ2v) is 7.06. The molecule has 1 heterocycles. The molecule has 0 spiro atoms. The molecule has 5 nitrogen and oxygen atoms in total. The summed E-state index contributed by atoms with van der Waals surface area (Å²) in [4.78, 5) is 26.5. The van der Waals surface area contributed by atoms with Crippen LogP contribution in [0.1, 0.15) is 23.6 Å². The molecule has 2 amide bonds. The SMILES string of the molecule is CC(NC(=O)C=Cc1ccccc1)C(=O)NCCN1CCc2ccccc2C1. The molecule has 0 radical (unpaired) electrons. The van der Waals surface area contributed by atoms with Gasteiger partial charge in [0.15, 0.2) is 0 Å². The summed E-state index contributed by atoms with van der Waals surface area (Å²) in [7, 11) is 0. The van der Waals surface area contributed by atoms with Gasteiger partial charge >= 0.3 is 0 Å². The van der Waals surface area contributed by atoms with Crippen LogP contribution in [0.2, 0.25) is 0 Å². The van der Waals surface area contributed by atoms with Crippen LogP contribution in [0.4, 0.5) is 0 Å². The molecule has 0 aromatic heterocycles. The van der Waals surface area contributed by atoms with E-state index in [2.05, 4.69) is 39.8 Å². The first-order chi connectivity index (χ1) is 13.6. The highest BCUT2D eigenvalue weighted by Crippen LogP contribution is 2.17. The van der Waals surface area contributed by atoms with E-state index in [1.165, 1.54) is 17.2 Å². The molecule has 2 N–H and O–H groups in total. The first-order valence-electron chi connectivity index (χ1n) is 9.72. The molecule has 0 saturated carbocycles. The van der Waals surface area contributed by atoms with Gasteiger partial charge in [-0.25, -0.2) is 0 Å². The Morgan fingerprint density at radius 3 is 2.57 bits per heavy atom. The van der Waals surface area contributed by atoms with Gasteiger partial charge in [-0.2, -0.15) is 0 Å². The number of rotatable bonds is 7. The average Bonchev–Trinajstić information content (AvgIpc) is 2.73. The third kappa shape index (κ3) is 5.79. The van der Waals surface area contributed by atoms with E-state index in [9.17, 15) is 9.59 Å². The molecule has 0 aliphatic carbocycles. The molecule has 1 unspecified atom stereocenters. The highest BCUT2D eigenvalue weighted by atomic mass is 16.2. The van der Waals surface area contributed by atoms with E-state index in [0.29, 0.717) is 6.54 Å². The molecule has 0 bridgehead atoms. The fourth-order valence-electron chi connectivity index (χ4n) is 3.30. The lowest BCUT2D eigenvalue weighted by Crippen LogP contribution is -2.46. The Balaban J connectivity index is 1.37. The van der Waals surface area contributed by atoms with Gasteiger partial charge in [-0.15, -0.1) is 0 Å². The van der Waals surface area contributed by atoms with Crippen molar-refractivity contribution in [2.24, 2.45) is 0 Å². The van der Waals surface area contributed by atoms with E-state index >= 15 is 0 Å². The van der Waals surface area contributed by atoms with Crippen LogP contribution >= 0.6 is 0 Å². The third-order valence-corrected chi connectivity index (χ3v) is 4.92. The lowest BCUT2D eigenvalue weighted by molar-refractivity contribution is -0.126. The number of nitrogens with zero attached hydrogens (tertiary/aromatic N) is 1. The minimum Gasteiger partial charge on any atom is -0.353 e. The summed E-state index contributed by atoms with van der Waals surface area (Å²) in [5.74, 6) is -0.446. The normalized spacial score (nSPS) is 15.0. The molecule has 0 fully saturated rings. The first kappa shape index (κ1) is 19.8. The number of hydrogen-bond donors (Lipinski definition) is 2. The van der Waals surface area contributed by atoms with Gasteiger partial charge in [0, 0.05) is 32.3 Å². The standard InChI is InChI=1S/C23H27N3O2/c1-18(25-22(27)12-11-19-7-3-2-4-8-19)23(28)24-14-16-26-15-13-20-9-5-6-10-21(20)17-26/h2-12,18H,13-17H2,1H3,(H,24,28)(H,25,27). The number of fused-ring (bicyclic) bond motifs is 1. The van der Waals surface area contributed by atoms with Crippen molar-refractivity contribution in [2.75, 3.05) is 19.6 Å². The number of benzene rings is 2. The van der Waals surface area contributed by atoms with Crippen molar-refractivity contribution >= 4 is 17.9 Å². The second-order valence-electron chi connectivity index (χ2n) is 7.06. The van der Waals surface area contributed by atoms with Gasteiger partial charge in [0.05, 0.1) is 0 Å². The van der Waals surface area contributed by atoms with Crippen molar-refractivity contribution in [1.82, 2.24) is 15.5 Å².